The van der Waals surface area contributed by atoms with Crippen LogP contribution in [-0.2, 0) is 16.3 Å². The van der Waals surface area contributed by atoms with Crippen LogP contribution in [0.25, 0.3) is 0 Å². The number of carbonyl (C=O) groups excluding carboxylic acids is 1. The standard InChI is InChI=1S/C28H36F2N4O3/c1-17-4-6-20(33-25(35)19-8-9-32-24(13-19)27(3,29)30)14-21(17)18-5-7-22-23(12-18)34-10-11-37-16-28(34,31)15-26(22,2)36/h5,7-9,12-13,17,20-21,36H,4,6,10-11,14-16,31H2,1-3H3,(H,33,35). The minimum Gasteiger partial charge on any atom is -0.385 e. The monoisotopic (exact) mass is 514 g/mol. The van der Waals surface area contributed by atoms with Crippen LogP contribution in [0, 0.1) is 5.92 Å². The van der Waals surface area contributed by atoms with Crippen molar-refractivity contribution in [3.8, 4) is 0 Å². The number of nitrogens with one attached hydrogen (secondary N) is 1. The third kappa shape index (κ3) is 4.96. The molecule has 0 spiro atoms. The number of ether oxygens (including phenoxy) is 1. The molecule has 0 radical (unpaired) electrons. The third-order valence-electron chi connectivity index (χ3n) is 8.32. The number of alkyl halides is 2. The molecule has 0 bridgehead atoms. The number of nitrogens with zero attached hydrogens (tertiary/aromatic N) is 2. The lowest BCUT2D eigenvalue weighted by molar-refractivity contribution is -0.0300. The molecule has 2 aromatic rings. The Bertz CT molecular complexity index is 1180. The second kappa shape index (κ2) is 9.29. The van der Waals surface area contributed by atoms with Gasteiger partial charge in [-0.1, -0.05) is 19.1 Å². The molecule has 2 fully saturated rings. The fourth-order valence-corrected chi connectivity index (χ4v) is 6.36. The number of hydrogen-bond acceptors (Lipinski definition) is 6. The Kier molecular flexibility index (Phi) is 6.53. The van der Waals surface area contributed by atoms with E-state index in [1.54, 1.807) is 6.92 Å². The van der Waals surface area contributed by atoms with Gasteiger partial charge in [0.25, 0.3) is 11.8 Å². The summed E-state index contributed by atoms with van der Waals surface area (Å²) in [5.41, 5.74) is 7.63. The minimum atomic E-state index is -3.11. The highest BCUT2D eigenvalue weighted by atomic mass is 19.3. The molecule has 3 heterocycles. The average Bonchev–Trinajstić information content (AvgIpc) is 2.83. The molecule has 2 aliphatic heterocycles. The van der Waals surface area contributed by atoms with Crippen molar-refractivity contribution < 1.29 is 23.4 Å². The van der Waals surface area contributed by atoms with E-state index >= 15 is 0 Å². The third-order valence-corrected chi connectivity index (χ3v) is 8.32. The van der Waals surface area contributed by atoms with Crippen molar-refractivity contribution >= 4 is 11.6 Å². The van der Waals surface area contributed by atoms with Crippen LogP contribution in [0.3, 0.4) is 0 Å². The summed E-state index contributed by atoms with van der Waals surface area (Å²) in [6.45, 7) is 6.40. The molecule has 1 amide bonds. The number of anilines is 1. The highest BCUT2D eigenvalue weighted by Crippen LogP contribution is 2.47. The Hall–Kier alpha value is -2.62. The van der Waals surface area contributed by atoms with Crippen molar-refractivity contribution in [2.75, 3.05) is 24.7 Å². The van der Waals surface area contributed by atoms with Gasteiger partial charge in [-0.3, -0.25) is 9.78 Å². The second-order valence-corrected chi connectivity index (χ2v) is 11.4. The second-order valence-electron chi connectivity index (χ2n) is 11.4. The summed E-state index contributed by atoms with van der Waals surface area (Å²) in [5, 5.41) is 14.3. The first-order valence-corrected chi connectivity index (χ1v) is 13.0. The Morgan fingerprint density at radius 2 is 2.08 bits per heavy atom. The number of aromatic nitrogens is 1. The van der Waals surface area contributed by atoms with Crippen molar-refractivity contribution in [1.82, 2.24) is 10.3 Å². The molecule has 1 saturated carbocycles. The average molecular weight is 515 g/mol. The quantitative estimate of drug-likeness (QED) is 0.570. The van der Waals surface area contributed by atoms with Gasteiger partial charge in [0.2, 0.25) is 0 Å². The van der Waals surface area contributed by atoms with Gasteiger partial charge in [-0.25, -0.2) is 0 Å². The number of morpholine rings is 1. The Morgan fingerprint density at radius 1 is 1.30 bits per heavy atom. The maximum atomic E-state index is 13.7. The molecule has 3 aliphatic rings. The SMILES string of the molecule is CC1CCC(NC(=O)c2ccnc(C(C)(F)F)c2)CC1c1ccc2c(c1)N1CCOCC1(N)CC2(C)O. The molecule has 200 valence electrons. The summed E-state index contributed by atoms with van der Waals surface area (Å²) in [6.07, 6.45) is 4.12. The minimum absolute atomic E-state index is 0.0800. The largest absolute Gasteiger partial charge is 0.385 e. The zero-order valence-corrected chi connectivity index (χ0v) is 21.6. The molecule has 4 N–H and O–H groups in total. The summed E-state index contributed by atoms with van der Waals surface area (Å²) in [6, 6.07) is 8.79. The van der Waals surface area contributed by atoms with Gasteiger partial charge < -0.3 is 25.8 Å². The van der Waals surface area contributed by atoms with E-state index in [1.165, 1.54) is 12.3 Å². The molecular weight excluding hydrogens is 478 g/mol. The number of nitrogens with two attached hydrogens (primary N) is 1. The van der Waals surface area contributed by atoms with Crippen molar-refractivity contribution in [1.29, 1.82) is 0 Å². The van der Waals surface area contributed by atoms with Crippen LogP contribution in [0.1, 0.15) is 79.6 Å². The number of pyridine rings is 1. The fraction of sp³-hybridized carbons (Fsp3) is 0.571. The van der Waals surface area contributed by atoms with Gasteiger partial charge >= 0.3 is 0 Å². The van der Waals surface area contributed by atoms with Crippen molar-refractivity contribution in [3.63, 3.8) is 0 Å². The van der Waals surface area contributed by atoms with E-state index < -0.39 is 22.9 Å². The lowest BCUT2D eigenvalue weighted by Crippen LogP contribution is -2.68. The Morgan fingerprint density at radius 3 is 2.84 bits per heavy atom. The molecule has 5 atom stereocenters. The number of hydrogen-bond donors (Lipinski definition) is 3. The molecule has 5 unspecified atom stereocenters. The predicted molar refractivity (Wildman–Crippen MR) is 137 cm³/mol. The molecular formula is C28H36F2N4O3. The van der Waals surface area contributed by atoms with E-state index in [0.717, 1.165) is 49.1 Å². The van der Waals surface area contributed by atoms with Gasteiger partial charge in [0.1, 0.15) is 11.4 Å². The first kappa shape index (κ1) is 26.0. The number of fused-ring (bicyclic) bond motifs is 3. The summed E-state index contributed by atoms with van der Waals surface area (Å²) in [4.78, 5) is 18.8. The van der Waals surface area contributed by atoms with Gasteiger partial charge in [0.15, 0.2) is 0 Å². The topological polar surface area (TPSA) is 101 Å². The highest BCUT2D eigenvalue weighted by molar-refractivity contribution is 5.94. The van der Waals surface area contributed by atoms with Crippen LogP contribution in [-0.4, -0.2) is 47.5 Å². The number of amides is 1. The normalized spacial score (nSPS) is 31.9. The summed E-state index contributed by atoms with van der Waals surface area (Å²) in [5.74, 6) is -2.89. The van der Waals surface area contributed by atoms with E-state index in [1.807, 2.05) is 6.07 Å². The lowest BCUT2D eigenvalue weighted by atomic mass is 9.72. The highest BCUT2D eigenvalue weighted by Gasteiger charge is 2.48. The van der Waals surface area contributed by atoms with Crippen molar-refractivity contribution in [2.24, 2.45) is 11.7 Å². The van der Waals surface area contributed by atoms with Crippen LogP contribution in [0.15, 0.2) is 36.5 Å². The lowest BCUT2D eigenvalue weighted by Gasteiger charge is -2.53. The van der Waals surface area contributed by atoms with Crippen LogP contribution in [0.5, 0.6) is 0 Å². The smallest absolute Gasteiger partial charge is 0.286 e. The van der Waals surface area contributed by atoms with Gasteiger partial charge in [-0.05, 0) is 61.8 Å². The molecule has 1 saturated heterocycles. The number of benzene rings is 1. The van der Waals surface area contributed by atoms with E-state index in [4.69, 9.17) is 10.5 Å². The number of rotatable bonds is 4. The Labute approximate surface area is 216 Å². The summed E-state index contributed by atoms with van der Waals surface area (Å²) >= 11 is 0. The first-order valence-electron chi connectivity index (χ1n) is 13.0. The fourth-order valence-electron chi connectivity index (χ4n) is 6.36. The predicted octanol–water partition coefficient (Wildman–Crippen LogP) is 4.00. The van der Waals surface area contributed by atoms with E-state index in [-0.39, 0.29) is 23.4 Å². The zero-order valence-electron chi connectivity index (χ0n) is 21.6. The molecule has 9 heteroatoms. The Balaban J connectivity index is 1.37. The van der Waals surface area contributed by atoms with Crippen LogP contribution < -0.4 is 16.0 Å². The van der Waals surface area contributed by atoms with Crippen LogP contribution >= 0.6 is 0 Å². The zero-order chi connectivity index (χ0) is 26.6. The van der Waals surface area contributed by atoms with Crippen molar-refractivity contribution in [2.45, 2.75) is 75.6 Å². The molecule has 1 aromatic carbocycles. The van der Waals surface area contributed by atoms with Gasteiger partial charge in [0.05, 0.1) is 18.8 Å². The van der Waals surface area contributed by atoms with Crippen LogP contribution in [0.2, 0.25) is 0 Å². The van der Waals surface area contributed by atoms with E-state index in [2.05, 4.69) is 34.3 Å². The first-order chi connectivity index (χ1) is 17.4. The van der Waals surface area contributed by atoms with Gasteiger partial charge in [-0.2, -0.15) is 8.78 Å². The molecule has 1 aliphatic carbocycles. The maximum absolute atomic E-state index is 13.7. The van der Waals surface area contributed by atoms with E-state index in [0.29, 0.717) is 32.1 Å². The molecule has 7 nitrogen and oxygen atoms in total. The molecule has 37 heavy (non-hydrogen) atoms. The maximum Gasteiger partial charge on any atom is 0.286 e. The number of halogens is 2. The van der Waals surface area contributed by atoms with Gasteiger partial charge in [0, 0.05) is 48.9 Å². The van der Waals surface area contributed by atoms with E-state index in [9.17, 15) is 18.7 Å². The summed E-state index contributed by atoms with van der Waals surface area (Å²) in [7, 11) is 0. The molecule has 1 aromatic heterocycles. The number of carbonyl (C=O) groups is 1. The van der Waals surface area contributed by atoms with Crippen LogP contribution in [0.4, 0.5) is 14.5 Å². The van der Waals surface area contributed by atoms with Gasteiger partial charge in [-0.15, -0.1) is 0 Å². The summed E-state index contributed by atoms with van der Waals surface area (Å²) < 4.78 is 33.1. The molecule has 5 rings (SSSR count). The van der Waals surface area contributed by atoms with Crippen molar-refractivity contribution in [3.05, 3.63) is 58.9 Å². The number of aliphatic hydroxyl groups is 1.